The van der Waals surface area contributed by atoms with Gasteiger partial charge >= 0.3 is 5.97 Å². The van der Waals surface area contributed by atoms with Crippen molar-refractivity contribution in [2.24, 2.45) is 11.0 Å². The van der Waals surface area contributed by atoms with E-state index in [1.165, 1.54) is 6.21 Å². The lowest BCUT2D eigenvalue weighted by Gasteiger charge is -2.12. The predicted octanol–water partition coefficient (Wildman–Crippen LogP) is 6.02. The second-order valence-corrected chi connectivity index (χ2v) is 10.7. The van der Waals surface area contributed by atoms with E-state index in [9.17, 15) is 14.4 Å². The lowest BCUT2D eigenvalue weighted by Crippen LogP contribution is -2.32. The lowest BCUT2D eigenvalue weighted by molar-refractivity contribution is -0.117. The summed E-state index contributed by atoms with van der Waals surface area (Å²) in [5.41, 5.74) is 5.41. The smallest absolute Gasteiger partial charge is 0.338 e. The van der Waals surface area contributed by atoms with Gasteiger partial charge in [-0.2, -0.15) is 5.10 Å². The lowest BCUT2D eigenvalue weighted by atomic mass is 10.1. The van der Waals surface area contributed by atoms with Crippen LogP contribution < -0.4 is 25.0 Å². The first-order valence-corrected chi connectivity index (χ1v) is 14.9. The van der Waals surface area contributed by atoms with Crippen molar-refractivity contribution in [2.75, 3.05) is 20.8 Å². The Hall–Kier alpha value is -5.90. The van der Waals surface area contributed by atoms with E-state index in [-0.39, 0.29) is 24.2 Å². The van der Waals surface area contributed by atoms with Gasteiger partial charge in [0, 0.05) is 11.1 Å². The van der Waals surface area contributed by atoms with Crippen molar-refractivity contribution in [1.29, 1.82) is 0 Å². The molecule has 0 aliphatic rings. The predicted molar refractivity (Wildman–Crippen MR) is 180 cm³/mol. The monoisotopic (exact) mass is 635 g/mol. The summed E-state index contributed by atoms with van der Waals surface area (Å²) < 4.78 is 21.9. The minimum atomic E-state index is -0.616. The highest BCUT2D eigenvalue weighted by Gasteiger charge is 2.15. The third-order valence-electron chi connectivity index (χ3n) is 6.67. The Bertz CT molecular complexity index is 1720. The van der Waals surface area contributed by atoms with Gasteiger partial charge in [-0.25, -0.2) is 10.2 Å². The average molecular weight is 636 g/mol. The third kappa shape index (κ3) is 10.3. The summed E-state index contributed by atoms with van der Waals surface area (Å²) in [6.07, 6.45) is 3.03. The SMILES string of the molecule is COc1ccc(/C=C(\NC(=O)c2ccccc2)C(=O)N/N=C\c2ccc(OC)c(COc3ccc(C(=O)OCC(C)C)cc3)c2)cc1. The number of nitrogens with zero attached hydrogens (tertiary/aromatic N) is 1. The molecule has 10 heteroatoms. The van der Waals surface area contributed by atoms with Gasteiger partial charge < -0.3 is 24.3 Å². The Balaban J connectivity index is 1.43. The topological polar surface area (TPSA) is 125 Å². The van der Waals surface area contributed by atoms with Crippen LogP contribution in [0.4, 0.5) is 0 Å². The molecule has 0 aromatic heterocycles. The molecule has 0 aliphatic carbocycles. The van der Waals surface area contributed by atoms with Crippen molar-refractivity contribution in [3.05, 3.63) is 131 Å². The first-order chi connectivity index (χ1) is 22.7. The third-order valence-corrected chi connectivity index (χ3v) is 6.67. The van der Waals surface area contributed by atoms with E-state index in [1.54, 1.807) is 111 Å². The number of ether oxygens (including phenoxy) is 4. The molecule has 0 spiro atoms. The molecule has 0 atom stereocenters. The zero-order valence-corrected chi connectivity index (χ0v) is 26.7. The van der Waals surface area contributed by atoms with E-state index >= 15 is 0 Å². The number of carbonyl (C=O) groups is 3. The normalized spacial score (nSPS) is 11.2. The molecule has 2 N–H and O–H groups in total. The summed E-state index contributed by atoms with van der Waals surface area (Å²) >= 11 is 0. The van der Waals surface area contributed by atoms with Crippen molar-refractivity contribution in [2.45, 2.75) is 20.5 Å². The highest BCUT2D eigenvalue weighted by atomic mass is 16.5. The zero-order chi connectivity index (χ0) is 33.6. The molecule has 47 heavy (non-hydrogen) atoms. The van der Waals surface area contributed by atoms with E-state index in [0.717, 1.165) is 5.56 Å². The number of benzene rings is 4. The summed E-state index contributed by atoms with van der Waals surface area (Å²) in [6, 6.07) is 27.7. The summed E-state index contributed by atoms with van der Waals surface area (Å²) in [4.78, 5) is 38.2. The van der Waals surface area contributed by atoms with Crippen LogP contribution in [-0.4, -0.2) is 44.8 Å². The van der Waals surface area contributed by atoms with Gasteiger partial charge in [0.15, 0.2) is 0 Å². The van der Waals surface area contributed by atoms with Crippen molar-refractivity contribution in [3.63, 3.8) is 0 Å². The molecule has 0 unspecified atom stereocenters. The molecule has 0 fully saturated rings. The maximum atomic E-state index is 13.2. The molecular weight excluding hydrogens is 598 g/mol. The Kier molecular flexibility index (Phi) is 12.3. The Morgan fingerprint density at radius 3 is 2.13 bits per heavy atom. The molecule has 0 aliphatic heterocycles. The van der Waals surface area contributed by atoms with E-state index in [0.29, 0.717) is 46.1 Å². The minimum Gasteiger partial charge on any atom is -0.497 e. The van der Waals surface area contributed by atoms with E-state index < -0.39 is 11.8 Å². The van der Waals surface area contributed by atoms with Gasteiger partial charge in [0.2, 0.25) is 0 Å². The molecule has 0 saturated heterocycles. The summed E-state index contributed by atoms with van der Waals surface area (Å²) in [7, 11) is 3.12. The fourth-order valence-electron chi connectivity index (χ4n) is 4.20. The van der Waals surface area contributed by atoms with Gasteiger partial charge in [-0.3, -0.25) is 9.59 Å². The zero-order valence-electron chi connectivity index (χ0n) is 26.7. The summed E-state index contributed by atoms with van der Waals surface area (Å²) in [5.74, 6) is 0.641. The van der Waals surface area contributed by atoms with Gasteiger partial charge in [0.05, 0.1) is 32.6 Å². The van der Waals surface area contributed by atoms with Crippen LogP contribution in [0.25, 0.3) is 6.08 Å². The molecule has 0 bridgehead atoms. The quantitative estimate of drug-likeness (QED) is 0.0752. The van der Waals surface area contributed by atoms with Gasteiger partial charge in [-0.1, -0.05) is 44.2 Å². The Morgan fingerprint density at radius 2 is 1.47 bits per heavy atom. The number of nitrogens with one attached hydrogen (secondary N) is 2. The second kappa shape index (κ2) is 17.0. The molecule has 0 heterocycles. The molecule has 4 aromatic carbocycles. The minimum absolute atomic E-state index is 0.00388. The van der Waals surface area contributed by atoms with Crippen molar-refractivity contribution in [3.8, 4) is 17.2 Å². The van der Waals surface area contributed by atoms with E-state index in [4.69, 9.17) is 18.9 Å². The molecule has 10 nitrogen and oxygen atoms in total. The van der Waals surface area contributed by atoms with Crippen LogP contribution in [0.1, 0.15) is 51.3 Å². The largest absolute Gasteiger partial charge is 0.497 e. The highest BCUT2D eigenvalue weighted by Crippen LogP contribution is 2.22. The summed E-state index contributed by atoms with van der Waals surface area (Å²) in [5, 5.41) is 6.80. The van der Waals surface area contributed by atoms with Crippen LogP contribution >= 0.6 is 0 Å². The first kappa shape index (κ1) is 34.0. The fourth-order valence-corrected chi connectivity index (χ4v) is 4.20. The summed E-state index contributed by atoms with van der Waals surface area (Å²) in [6.45, 7) is 4.48. The van der Waals surface area contributed by atoms with Gasteiger partial charge in [0.25, 0.3) is 11.8 Å². The van der Waals surface area contributed by atoms with Crippen molar-refractivity contribution >= 4 is 30.1 Å². The molecule has 0 radical (unpaired) electrons. The van der Waals surface area contributed by atoms with Crippen LogP contribution in [-0.2, 0) is 16.1 Å². The number of hydrogen-bond donors (Lipinski definition) is 2. The van der Waals surface area contributed by atoms with Crippen LogP contribution in [0.5, 0.6) is 17.2 Å². The van der Waals surface area contributed by atoms with E-state index in [2.05, 4.69) is 15.8 Å². The maximum Gasteiger partial charge on any atom is 0.338 e. The number of carbonyl (C=O) groups excluding carboxylic acids is 3. The van der Waals surface area contributed by atoms with E-state index in [1.807, 2.05) is 19.9 Å². The number of amides is 2. The maximum absolute atomic E-state index is 13.2. The van der Waals surface area contributed by atoms with Gasteiger partial charge in [-0.15, -0.1) is 0 Å². The van der Waals surface area contributed by atoms with Gasteiger partial charge in [-0.05, 0) is 89.9 Å². The van der Waals surface area contributed by atoms with Crippen molar-refractivity contribution < 1.29 is 33.3 Å². The second-order valence-electron chi connectivity index (χ2n) is 10.7. The Morgan fingerprint density at radius 1 is 0.787 bits per heavy atom. The van der Waals surface area contributed by atoms with Crippen LogP contribution in [0.2, 0.25) is 0 Å². The Labute approximate surface area is 274 Å². The molecular formula is C37H37N3O7. The standard InChI is InChI=1S/C37H37N3O7/c1-25(2)23-47-37(43)29-13-17-32(18-14-29)46-24-30-20-27(12-19-34(30)45-4)22-38-40-36(42)33(21-26-10-15-31(44-3)16-11-26)39-35(41)28-8-6-5-7-9-28/h5-22,25H,23-24H2,1-4H3,(H,39,41)(H,40,42)/b33-21-,38-22-. The number of rotatable bonds is 14. The molecule has 4 aromatic rings. The fraction of sp³-hybridized carbons (Fsp3) is 0.189. The number of methoxy groups -OCH3 is 2. The van der Waals surface area contributed by atoms with Gasteiger partial charge in [0.1, 0.15) is 29.6 Å². The first-order valence-electron chi connectivity index (χ1n) is 14.9. The average Bonchev–Trinajstić information content (AvgIpc) is 3.10. The molecule has 2 amide bonds. The molecule has 4 rings (SSSR count). The number of esters is 1. The van der Waals surface area contributed by atoms with Crippen LogP contribution in [0, 0.1) is 5.92 Å². The van der Waals surface area contributed by atoms with Crippen molar-refractivity contribution in [1.82, 2.24) is 10.7 Å². The highest BCUT2D eigenvalue weighted by molar-refractivity contribution is 6.05. The molecule has 242 valence electrons. The van der Waals surface area contributed by atoms with Crippen LogP contribution in [0.3, 0.4) is 0 Å². The number of hydrogen-bond acceptors (Lipinski definition) is 8. The molecule has 0 saturated carbocycles. The van der Waals surface area contributed by atoms with Crippen LogP contribution in [0.15, 0.2) is 108 Å². The number of hydrazone groups is 1.